The first kappa shape index (κ1) is 12.9. The Bertz CT molecular complexity index is 356. The van der Waals surface area contributed by atoms with Gasteiger partial charge in [0.2, 0.25) is 0 Å². The minimum Gasteiger partial charge on any atom is -0.312 e. The molecule has 0 bridgehead atoms. The van der Waals surface area contributed by atoms with Gasteiger partial charge in [0, 0.05) is 11.6 Å². The number of rotatable bonds is 4. The summed E-state index contributed by atoms with van der Waals surface area (Å²) in [5, 5.41) is 4.44. The summed E-state index contributed by atoms with van der Waals surface area (Å²) < 4.78 is 0. The topological polar surface area (TPSA) is 12.0 Å². The summed E-state index contributed by atoms with van der Waals surface area (Å²) in [6.45, 7) is 4.12. The van der Waals surface area contributed by atoms with E-state index in [0.29, 0.717) is 0 Å². The molecule has 1 saturated carbocycles. The summed E-state index contributed by atoms with van der Waals surface area (Å²) in [4.78, 5) is 0. The molecule has 1 aliphatic rings. The maximum Gasteiger partial charge on any atom is 0.0453 e. The van der Waals surface area contributed by atoms with Crippen molar-refractivity contribution in [3.63, 3.8) is 0 Å². The summed E-state index contributed by atoms with van der Waals surface area (Å²) in [6.07, 6.45) is 7.05. The van der Waals surface area contributed by atoms with Crippen LogP contribution in [0.4, 0.5) is 0 Å². The zero-order chi connectivity index (χ0) is 12.1. The Morgan fingerprint density at radius 3 is 2.71 bits per heavy atom. The van der Waals surface area contributed by atoms with Crippen LogP contribution in [0.2, 0.25) is 5.02 Å². The van der Waals surface area contributed by atoms with Gasteiger partial charge in [-0.2, -0.15) is 0 Å². The number of hydrogen-bond donors (Lipinski definition) is 1. The van der Waals surface area contributed by atoms with Gasteiger partial charge in [-0.3, -0.25) is 0 Å². The summed E-state index contributed by atoms with van der Waals surface area (Å²) in [6, 6.07) is 6.30. The zero-order valence-corrected chi connectivity index (χ0v) is 11.4. The third-order valence-electron chi connectivity index (χ3n) is 3.68. The molecule has 0 atom stereocenters. The molecule has 1 aromatic rings. The highest BCUT2D eigenvalue weighted by atomic mass is 35.5. The van der Waals surface area contributed by atoms with Crippen LogP contribution in [0, 0.1) is 12.8 Å². The predicted molar refractivity (Wildman–Crippen MR) is 74.5 cm³/mol. The lowest BCUT2D eigenvalue weighted by Gasteiger charge is -2.21. The molecule has 1 nitrogen and oxygen atoms in total. The van der Waals surface area contributed by atoms with Crippen molar-refractivity contribution in [1.29, 1.82) is 0 Å². The van der Waals surface area contributed by atoms with E-state index in [-0.39, 0.29) is 0 Å². The highest BCUT2D eigenvalue weighted by Crippen LogP contribution is 2.23. The second kappa shape index (κ2) is 6.42. The van der Waals surface area contributed by atoms with Crippen molar-refractivity contribution in [2.24, 2.45) is 5.92 Å². The molecule has 94 valence electrons. The van der Waals surface area contributed by atoms with Gasteiger partial charge in [-0.1, -0.05) is 43.0 Å². The van der Waals surface area contributed by atoms with E-state index in [9.17, 15) is 0 Å². The highest BCUT2D eigenvalue weighted by molar-refractivity contribution is 6.31. The third-order valence-corrected chi connectivity index (χ3v) is 4.03. The van der Waals surface area contributed by atoms with Crippen LogP contribution in [-0.4, -0.2) is 6.54 Å². The average molecular weight is 252 g/mol. The Morgan fingerprint density at radius 1 is 1.24 bits per heavy atom. The summed E-state index contributed by atoms with van der Waals surface area (Å²) in [7, 11) is 0. The van der Waals surface area contributed by atoms with Crippen molar-refractivity contribution >= 4 is 11.6 Å². The molecule has 0 spiro atoms. The average Bonchev–Trinajstić information content (AvgIpc) is 2.33. The molecule has 0 aromatic heterocycles. The molecular weight excluding hydrogens is 230 g/mol. The molecular formula is C15H22ClN. The Labute approximate surface area is 110 Å². The molecule has 0 saturated heterocycles. The minimum atomic E-state index is 0.882. The van der Waals surface area contributed by atoms with Crippen molar-refractivity contribution in [3.05, 3.63) is 34.3 Å². The number of aryl methyl sites for hydroxylation is 1. The standard InChI is InChI=1S/C15H22ClN/c1-12-7-8-14(15(16)9-12)11-17-10-13-5-3-2-4-6-13/h7-9,13,17H,2-6,10-11H2,1H3. The predicted octanol–water partition coefficient (Wildman–Crippen LogP) is 4.32. The third kappa shape index (κ3) is 4.01. The largest absolute Gasteiger partial charge is 0.312 e. The van der Waals surface area contributed by atoms with E-state index < -0.39 is 0 Å². The highest BCUT2D eigenvalue weighted by Gasteiger charge is 2.12. The van der Waals surface area contributed by atoms with Crippen LogP contribution < -0.4 is 5.32 Å². The quantitative estimate of drug-likeness (QED) is 0.841. The van der Waals surface area contributed by atoms with E-state index in [2.05, 4.69) is 24.4 Å². The van der Waals surface area contributed by atoms with Crippen LogP contribution in [0.3, 0.4) is 0 Å². The van der Waals surface area contributed by atoms with Crippen molar-refractivity contribution in [2.75, 3.05) is 6.54 Å². The molecule has 0 heterocycles. The van der Waals surface area contributed by atoms with E-state index in [0.717, 1.165) is 24.0 Å². The first-order chi connectivity index (χ1) is 8.25. The van der Waals surface area contributed by atoms with Gasteiger partial charge in [-0.05, 0) is 49.4 Å². The number of nitrogens with one attached hydrogen (secondary N) is 1. The molecule has 1 aliphatic carbocycles. The zero-order valence-electron chi connectivity index (χ0n) is 10.6. The first-order valence-corrected chi connectivity index (χ1v) is 7.09. The van der Waals surface area contributed by atoms with E-state index in [4.69, 9.17) is 11.6 Å². The van der Waals surface area contributed by atoms with Gasteiger partial charge in [0.1, 0.15) is 0 Å². The van der Waals surface area contributed by atoms with E-state index in [1.54, 1.807) is 0 Å². The molecule has 17 heavy (non-hydrogen) atoms. The van der Waals surface area contributed by atoms with Crippen LogP contribution >= 0.6 is 11.6 Å². The molecule has 2 heteroatoms. The van der Waals surface area contributed by atoms with E-state index in [1.807, 2.05) is 6.07 Å². The minimum absolute atomic E-state index is 0.882. The van der Waals surface area contributed by atoms with Crippen LogP contribution in [0.15, 0.2) is 18.2 Å². The molecule has 0 aliphatic heterocycles. The molecule has 1 fully saturated rings. The number of benzene rings is 1. The van der Waals surface area contributed by atoms with Crippen molar-refractivity contribution in [3.8, 4) is 0 Å². The molecule has 0 radical (unpaired) electrons. The number of hydrogen-bond acceptors (Lipinski definition) is 1. The van der Waals surface area contributed by atoms with Gasteiger partial charge in [0.15, 0.2) is 0 Å². The second-order valence-corrected chi connectivity index (χ2v) is 5.64. The summed E-state index contributed by atoms with van der Waals surface area (Å²) in [5.41, 5.74) is 2.44. The maximum atomic E-state index is 6.21. The van der Waals surface area contributed by atoms with Crippen molar-refractivity contribution in [2.45, 2.75) is 45.6 Å². The molecule has 0 unspecified atom stereocenters. The van der Waals surface area contributed by atoms with Gasteiger partial charge in [0.25, 0.3) is 0 Å². The van der Waals surface area contributed by atoms with Crippen molar-refractivity contribution < 1.29 is 0 Å². The van der Waals surface area contributed by atoms with Gasteiger partial charge in [-0.25, -0.2) is 0 Å². The van der Waals surface area contributed by atoms with Gasteiger partial charge >= 0.3 is 0 Å². The van der Waals surface area contributed by atoms with Gasteiger partial charge in [0.05, 0.1) is 0 Å². The Kier molecular flexibility index (Phi) is 4.87. The Hall–Kier alpha value is -0.530. The summed E-state index contributed by atoms with van der Waals surface area (Å²) in [5.74, 6) is 0.882. The normalized spacial score (nSPS) is 17.3. The Balaban J connectivity index is 1.77. The van der Waals surface area contributed by atoms with Crippen molar-refractivity contribution in [1.82, 2.24) is 5.32 Å². The van der Waals surface area contributed by atoms with E-state index >= 15 is 0 Å². The summed E-state index contributed by atoms with van der Waals surface area (Å²) >= 11 is 6.21. The fourth-order valence-corrected chi connectivity index (χ4v) is 2.90. The fraction of sp³-hybridized carbons (Fsp3) is 0.600. The second-order valence-electron chi connectivity index (χ2n) is 5.23. The van der Waals surface area contributed by atoms with Crippen LogP contribution in [0.5, 0.6) is 0 Å². The molecule has 1 aromatic carbocycles. The maximum absolute atomic E-state index is 6.21. The van der Waals surface area contributed by atoms with Crippen LogP contribution in [-0.2, 0) is 6.54 Å². The SMILES string of the molecule is Cc1ccc(CNCC2CCCCC2)c(Cl)c1. The number of halogens is 1. The van der Waals surface area contributed by atoms with Gasteiger partial charge < -0.3 is 5.32 Å². The van der Waals surface area contributed by atoms with Crippen LogP contribution in [0.25, 0.3) is 0 Å². The lowest BCUT2D eigenvalue weighted by atomic mass is 9.89. The lowest BCUT2D eigenvalue weighted by molar-refractivity contribution is 0.342. The Morgan fingerprint density at radius 2 is 2.00 bits per heavy atom. The van der Waals surface area contributed by atoms with E-state index in [1.165, 1.54) is 43.2 Å². The monoisotopic (exact) mass is 251 g/mol. The molecule has 0 amide bonds. The molecule has 2 rings (SSSR count). The fourth-order valence-electron chi connectivity index (χ4n) is 2.60. The first-order valence-electron chi connectivity index (χ1n) is 6.71. The smallest absolute Gasteiger partial charge is 0.0453 e. The molecule has 1 N–H and O–H groups in total. The van der Waals surface area contributed by atoms with Gasteiger partial charge in [-0.15, -0.1) is 0 Å². The lowest BCUT2D eigenvalue weighted by Crippen LogP contribution is -2.24. The van der Waals surface area contributed by atoms with Crippen LogP contribution in [0.1, 0.15) is 43.2 Å².